The summed E-state index contributed by atoms with van der Waals surface area (Å²) in [6, 6.07) is 61.3. The van der Waals surface area contributed by atoms with Crippen molar-refractivity contribution in [2.24, 2.45) is 0 Å². The number of benzene rings is 10. The van der Waals surface area contributed by atoms with Gasteiger partial charge in [0.05, 0.1) is 11.0 Å². The summed E-state index contributed by atoms with van der Waals surface area (Å²) >= 11 is 0. The summed E-state index contributed by atoms with van der Waals surface area (Å²) in [6.07, 6.45) is 0. The molecule has 0 amide bonds. The summed E-state index contributed by atoms with van der Waals surface area (Å²) in [5.41, 5.74) is 8.73. The number of hydrogen-bond donors (Lipinski definition) is 0. The Labute approximate surface area is 358 Å². The molecule has 0 aliphatic rings. The maximum Gasteiger partial charge on any atom is 0.0651 e. The topological polar surface area (TPSA) is 3.24 Å². The summed E-state index contributed by atoms with van der Waals surface area (Å²) in [5, 5.41) is 1.62. The number of fused-ring (bicyclic) bond motifs is 1. The minimum Gasteiger partial charge on any atom is -0.310 e. The minimum atomic E-state index is -0.455. The number of nitrogens with zero attached hydrogens (tertiary/aromatic N) is 1. The fraction of sp³-hybridized carbons (Fsp3) is 0. The molecule has 59 heavy (non-hydrogen) atoms. The van der Waals surface area contributed by atoms with Crippen LogP contribution >= 0.6 is 0 Å². The van der Waals surface area contributed by atoms with E-state index >= 15 is 0 Å². The van der Waals surface area contributed by atoms with E-state index in [1.54, 1.807) is 18.2 Å². The van der Waals surface area contributed by atoms with Gasteiger partial charge in [0.2, 0.25) is 0 Å². The van der Waals surface area contributed by atoms with Crippen LogP contribution in [0.3, 0.4) is 0 Å². The zero-order chi connectivity index (χ0) is 46.3. The molecule has 1 nitrogen and oxygen atoms in total. The molecule has 0 aliphatic carbocycles. The molecule has 278 valence electrons. The first-order valence-electron chi connectivity index (χ1n) is 23.6. The van der Waals surface area contributed by atoms with Gasteiger partial charge in [0.25, 0.3) is 0 Å². The van der Waals surface area contributed by atoms with E-state index in [1.165, 1.54) is 4.90 Å². The van der Waals surface area contributed by atoms with E-state index in [1.807, 2.05) is 152 Å². The molecule has 0 atom stereocenters. The molecule has 0 aliphatic heterocycles. The van der Waals surface area contributed by atoms with E-state index in [0.717, 1.165) is 55.3 Å². The predicted molar refractivity (Wildman–Crippen MR) is 251 cm³/mol. The van der Waals surface area contributed by atoms with Gasteiger partial charge in [0.1, 0.15) is 0 Å². The summed E-state index contributed by atoms with van der Waals surface area (Å²) in [7, 11) is 0. The van der Waals surface area contributed by atoms with Crippen LogP contribution in [0.25, 0.3) is 77.5 Å². The Morgan fingerprint density at radius 2 is 0.746 bits per heavy atom. The van der Waals surface area contributed by atoms with Gasteiger partial charge in [-0.05, 0) is 132 Å². The van der Waals surface area contributed by atoms with Gasteiger partial charge in [-0.1, -0.05) is 194 Å². The molecule has 10 rings (SSSR count). The highest BCUT2D eigenvalue weighted by atomic mass is 15.1. The van der Waals surface area contributed by atoms with Crippen LogP contribution in [-0.4, -0.2) is 0 Å². The van der Waals surface area contributed by atoms with E-state index in [9.17, 15) is 11.0 Å². The molecule has 0 bridgehead atoms. The molecule has 0 N–H and O–H groups in total. The first kappa shape index (κ1) is 27.8. The summed E-state index contributed by atoms with van der Waals surface area (Å²) < 4.78 is 76.6. The average molecular weight is 760 g/mol. The van der Waals surface area contributed by atoms with Crippen LogP contribution in [0.5, 0.6) is 0 Å². The maximum absolute atomic E-state index is 9.89. The second kappa shape index (κ2) is 16.0. The van der Waals surface area contributed by atoms with Crippen LogP contribution in [0.1, 0.15) is 11.0 Å². The van der Waals surface area contributed by atoms with E-state index < -0.39 is 24.2 Å². The van der Waals surface area contributed by atoms with Crippen LogP contribution in [-0.2, 0) is 0 Å². The average Bonchev–Trinajstić information content (AvgIpc) is 3.38. The molecule has 0 spiro atoms. The van der Waals surface area contributed by atoms with Crippen LogP contribution < -0.4 is 4.90 Å². The van der Waals surface area contributed by atoms with Gasteiger partial charge in [-0.3, -0.25) is 0 Å². The van der Waals surface area contributed by atoms with Crippen LogP contribution in [0.15, 0.2) is 249 Å². The lowest BCUT2D eigenvalue weighted by Crippen LogP contribution is -2.10. The zero-order valence-corrected chi connectivity index (χ0v) is 32.0. The van der Waals surface area contributed by atoms with Gasteiger partial charge >= 0.3 is 0 Å². The third-order valence-corrected chi connectivity index (χ3v) is 10.6. The monoisotopic (exact) mass is 759 g/mol. The van der Waals surface area contributed by atoms with Crippen molar-refractivity contribution in [1.29, 1.82) is 0 Å². The Morgan fingerprint density at radius 1 is 0.288 bits per heavy atom. The van der Waals surface area contributed by atoms with Gasteiger partial charge in [-0.15, -0.1) is 0 Å². The number of anilines is 3. The Hall–Kier alpha value is -7.74. The molecule has 0 saturated carbocycles. The molecule has 0 heterocycles. The molecule has 0 aromatic heterocycles. The van der Waals surface area contributed by atoms with Gasteiger partial charge in [0.15, 0.2) is 0 Å². The van der Waals surface area contributed by atoms with Crippen molar-refractivity contribution >= 4 is 27.8 Å². The molecular weight excluding hydrogens is 711 g/mol. The van der Waals surface area contributed by atoms with Crippen molar-refractivity contribution in [2.45, 2.75) is 0 Å². The molecule has 10 aromatic rings. The van der Waals surface area contributed by atoms with Crippen molar-refractivity contribution in [3.63, 3.8) is 0 Å². The highest BCUT2D eigenvalue weighted by Crippen LogP contribution is 2.40. The Balaban J connectivity index is 1.19. The largest absolute Gasteiger partial charge is 0.310 e. The van der Waals surface area contributed by atoms with Gasteiger partial charge in [-0.2, -0.15) is 0 Å². The number of rotatable bonds is 9. The molecule has 0 unspecified atom stereocenters. The summed E-state index contributed by atoms with van der Waals surface area (Å²) in [6.45, 7) is 0. The van der Waals surface area contributed by atoms with Gasteiger partial charge in [-0.25, -0.2) is 0 Å². The first-order valence-corrected chi connectivity index (χ1v) is 19.6. The van der Waals surface area contributed by atoms with E-state index in [4.69, 9.17) is 0 Å². The van der Waals surface area contributed by atoms with Crippen molar-refractivity contribution in [3.05, 3.63) is 249 Å². The SMILES string of the molecule is [2H]c1c([2H])c(-c2cccc3ccccc23)c([2H])c(N(c2ccc(-c3ccc(-c4ccccc4)cc3)cc2)c2c([2H])c([2H])c(-c3cc(-c4ccccc4)cc(-c4ccccc4)c3)c([2H])c2[2H])c1[2H]. The minimum absolute atomic E-state index is 0.0966. The third-order valence-electron chi connectivity index (χ3n) is 10.6. The molecule has 0 fully saturated rings. The fourth-order valence-corrected chi connectivity index (χ4v) is 7.61. The van der Waals surface area contributed by atoms with Crippen molar-refractivity contribution in [3.8, 4) is 66.8 Å². The van der Waals surface area contributed by atoms with Crippen LogP contribution in [0.2, 0.25) is 0 Å². The Kier molecular flexibility index (Phi) is 7.54. The molecule has 10 aromatic carbocycles. The number of hydrogen-bond acceptors (Lipinski definition) is 1. The molecule has 0 radical (unpaired) electrons. The van der Waals surface area contributed by atoms with Gasteiger partial charge < -0.3 is 4.90 Å². The fourth-order valence-electron chi connectivity index (χ4n) is 7.61. The summed E-state index contributed by atoms with van der Waals surface area (Å²) in [5.74, 6) is 0. The first-order chi connectivity index (χ1) is 32.6. The second-order valence-corrected chi connectivity index (χ2v) is 14.3. The smallest absolute Gasteiger partial charge is 0.0651 e. The Bertz CT molecular complexity index is 3380. The molecule has 1 heteroatoms. The third kappa shape index (κ3) is 7.46. The van der Waals surface area contributed by atoms with Crippen LogP contribution in [0.4, 0.5) is 17.1 Å². The lowest BCUT2D eigenvalue weighted by molar-refractivity contribution is 1.28. The maximum atomic E-state index is 9.89. The highest BCUT2D eigenvalue weighted by molar-refractivity contribution is 5.97. The summed E-state index contributed by atoms with van der Waals surface area (Å²) in [4.78, 5) is 1.40. The van der Waals surface area contributed by atoms with E-state index in [2.05, 4.69) is 30.3 Å². The molecule has 0 saturated heterocycles. The second-order valence-electron chi connectivity index (χ2n) is 14.3. The quantitative estimate of drug-likeness (QED) is 0.142. The van der Waals surface area contributed by atoms with Crippen molar-refractivity contribution in [1.82, 2.24) is 0 Å². The standard InChI is InChI=1S/C58H41N/c1-4-14-42(15-5-1)45-26-28-46(29-27-45)47-30-34-54(35-31-47)59(56-23-12-22-50(41-56)58-25-13-21-49-20-10-11-24-57(49)58)55-36-32-48(33-37-55)53-39-51(43-16-6-2-7-17-43)38-52(40-53)44-18-8-3-9-19-44/h1-41H/i12D,22D,23D,32D,33D,36D,37D,41D. The normalized spacial score (nSPS) is 12.9. The zero-order valence-electron chi connectivity index (χ0n) is 40.0. The van der Waals surface area contributed by atoms with Crippen molar-refractivity contribution < 1.29 is 11.0 Å². The van der Waals surface area contributed by atoms with Crippen LogP contribution in [0, 0.1) is 0 Å². The lowest BCUT2D eigenvalue weighted by atomic mass is 9.93. The Morgan fingerprint density at radius 3 is 1.32 bits per heavy atom. The van der Waals surface area contributed by atoms with Crippen molar-refractivity contribution in [2.75, 3.05) is 4.90 Å². The highest BCUT2D eigenvalue weighted by Gasteiger charge is 2.16. The predicted octanol–water partition coefficient (Wildman–Crippen LogP) is 16.3. The lowest BCUT2D eigenvalue weighted by Gasteiger charge is -2.26. The van der Waals surface area contributed by atoms with E-state index in [0.29, 0.717) is 16.8 Å². The van der Waals surface area contributed by atoms with E-state index in [-0.39, 0.29) is 46.7 Å². The van der Waals surface area contributed by atoms with Gasteiger partial charge in [0, 0.05) is 17.1 Å². The molecular formula is C58H41N.